The molecule has 2 aromatic carbocycles. The van der Waals surface area contributed by atoms with E-state index in [4.69, 9.17) is 5.11 Å². The monoisotopic (exact) mass is 331 g/mol. The molecule has 0 saturated carbocycles. The van der Waals surface area contributed by atoms with Crippen LogP contribution >= 0.6 is 0 Å². The number of aromatic carboxylic acids is 1. The minimum Gasteiger partial charge on any atom is -0.478 e. The number of carboxylic acid groups (broad SMARTS) is 1. The van der Waals surface area contributed by atoms with Crippen LogP contribution in [0.5, 0.6) is 0 Å². The van der Waals surface area contributed by atoms with Crippen molar-refractivity contribution in [3.05, 3.63) is 73.8 Å². The largest absolute Gasteiger partial charge is 0.478 e. The Hall–Kier alpha value is -3.82. The lowest BCUT2D eigenvalue weighted by Gasteiger charge is -2.08. The molecule has 10 nitrogen and oxygen atoms in total. The van der Waals surface area contributed by atoms with Gasteiger partial charge in [0, 0.05) is 6.07 Å². The fraction of sp³-hybridized carbons (Fsp3) is 0. The van der Waals surface area contributed by atoms with Gasteiger partial charge in [-0.25, -0.2) is 4.79 Å². The fourth-order valence-electron chi connectivity index (χ4n) is 1.94. The highest BCUT2D eigenvalue weighted by atomic mass is 16.6. The second-order valence-electron chi connectivity index (χ2n) is 4.52. The number of para-hydroxylation sites is 1. The van der Waals surface area contributed by atoms with Gasteiger partial charge in [-0.3, -0.25) is 25.0 Å². The molecule has 10 heteroatoms. The van der Waals surface area contributed by atoms with Crippen LogP contribution in [0.1, 0.15) is 20.7 Å². The van der Waals surface area contributed by atoms with Gasteiger partial charge in [0.15, 0.2) is 0 Å². The lowest BCUT2D eigenvalue weighted by atomic mass is 10.1. The number of nitrogens with one attached hydrogen (secondary N) is 1. The topological polar surface area (TPSA) is 153 Å². The van der Waals surface area contributed by atoms with Crippen LogP contribution in [0.25, 0.3) is 0 Å². The van der Waals surface area contributed by atoms with Crippen LogP contribution in [0.3, 0.4) is 0 Å². The van der Waals surface area contributed by atoms with E-state index in [0.717, 1.165) is 12.1 Å². The van der Waals surface area contributed by atoms with Crippen LogP contribution in [0.2, 0.25) is 0 Å². The minimum atomic E-state index is -1.29. The van der Waals surface area contributed by atoms with Crippen LogP contribution in [-0.2, 0) is 0 Å². The number of benzene rings is 2. The molecule has 0 radical (unpaired) electrons. The molecule has 0 aliphatic rings. The first kappa shape index (κ1) is 16.5. The Morgan fingerprint density at radius 3 is 2.21 bits per heavy atom. The van der Waals surface area contributed by atoms with Gasteiger partial charge in [-0.05, 0) is 18.2 Å². The lowest BCUT2D eigenvalue weighted by Crippen LogP contribution is -2.16. The maximum absolute atomic E-state index is 12.2. The Balaban J connectivity index is 2.42. The zero-order valence-corrected chi connectivity index (χ0v) is 11.8. The van der Waals surface area contributed by atoms with Gasteiger partial charge in [-0.15, -0.1) is 0 Å². The van der Waals surface area contributed by atoms with Gasteiger partial charge in [-0.2, -0.15) is 0 Å². The summed E-state index contributed by atoms with van der Waals surface area (Å²) in [5.41, 5.74) is -1.97. The zero-order valence-electron chi connectivity index (χ0n) is 11.8. The third kappa shape index (κ3) is 3.32. The Labute approximate surface area is 133 Å². The number of carbonyl (C=O) groups excluding carboxylic acids is 1. The first-order valence-corrected chi connectivity index (χ1v) is 6.37. The zero-order chi connectivity index (χ0) is 17.9. The molecule has 0 spiro atoms. The molecular weight excluding hydrogens is 322 g/mol. The smallest absolute Gasteiger partial charge is 0.337 e. The number of nitro benzene ring substituents is 2. The van der Waals surface area contributed by atoms with Crippen LogP contribution in [0, 0.1) is 20.2 Å². The van der Waals surface area contributed by atoms with Crippen molar-refractivity contribution in [3.8, 4) is 0 Å². The molecule has 0 heterocycles. The number of rotatable bonds is 5. The number of carbonyl (C=O) groups is 2. The number of non-ortho nitro benzene ring substituents is 1. The molecule has 0 bridgehead atoms. The summed E-state index contributed by atoms with van der Waals surface area (Å²) < 4.78 is 0. The molecule has 0 aliphatic heterocycles. The average Bonchev–Trinajstić information content (AvgIpc) is 2.54. The summed E-state index contributed by atoms with van der Waals surface area (Å²) >= 11 is 0. The molecule has 1 amide bonds. The maximum atomic E-state index is 12.2. The van der Waals surface area contributed by atoms with Crippen molar-refractivity contribution < 1.29 is 24.5 Å². The van der Waals surface area contributed by atoms with Crippen LogP contribution < -0.4 is 5.32 Å². The predicted molar refractivity (Wildman–Crippen MR) is 81.1 cm³/mol. The number of amides is 1. The van der Waals surface area contributed by atoms with E-state index < -0.39 is 38.7 Å². The molecule has 0 aromatic heterocycles. The fourth-order valence-corrected chi connectivity index (χ4v) is 1.94. The summed E-state index contributed by atoms with van der Waals surface area (Å²) in [5.74, 6) is -2.24. The van der Waals surface area contributed by atoms with E-state index in [0.29, 0.717) is 6.07 Å². The van der Waals surface area contributed by atoms with E-state index in [1.807, 2.05) is 0 Å². The van der Waals surface area contributed by atoms with Crippen molar-refractivity contribution in [3.63, 3.8) is 0 Å². The minimum absolute atomic E-state index is 0.0531. The van der Waals surface area contributed by atoms with Crippen molar-refractivity contribution in [2.45, 2.75) is 0 Å². The molecule has 0 saturated heterocycles. The van der Waals surface area contributed by atoms with Gasteiger partial charge >= 0.3 is 5.97 Å². The maximum Gasteiger partial charge on any atom is 0.337 e. The van der Waals surface area contributed by atoms with E-state index in [1.165, 1.54) is 24.3 Å². The highest BCUT2D eigenvalue weighted by molar-refractivity contribution is 6.09. The SMILES string of the molecule is O=C(O)c1ccccc1NC(=O)c1ccc([N+](=O)[O-])cc1[N+](=O)[O-]. The Bertz CT molecular complexity index is 863. The van der Waals surface area contributed by atoms with E-state index in [2.05, 4.69) is 5.32 Å². The normalized spacial score (nSPS) is 10.0. The summed E-state index contributed by atoms with van der Waals surface area (Å²) in [6, 6.07) is 8.05. The van der Waals surface area contributed by atoms with Crippen molar-refractivity contribution in [2.75, 3.05) is 5.32 Å². The van der Waals surface area contributed by atoms with E-state index >= 15 is 0 Å². The number of nitro groups is 2. The van der Waals surface area contributed by atoms with Gasteiger partial charge in [0.25, 0.3) is 17.3 Å². The molecule has 24 heavy (non-hydrogen) atoms. The Morgan fingerprint density at radius 1 is 0.958 bits per heavy atom. The quantitative estimate of drug-likeness (QED) is 0.630. The molecule has 2 N–H and O–H groups in total. The highest BCUT2D eigenvalue weighted by Gasteiger charge is 2.25. The standard InChI is InChI=1S/C14H9N3O7/c18-13(15-11-4-2-1-3-9(11)14(19)20)10-6-5-8(16(21)22)7-12(10)17(23)24/h1-7H,(H,15,18)(H,19,20). The first-order valence-electron chi connectivity index (χ1n) is 6.37. The number of hydrogen-bond donors (Lipinski definition) is 2. The highest BCUT2D eigenvalue weighted by Crippen LogP contribution is 2.26. The van der Waals surface area contributed by atoms with Gasteiger partial charge in [-0.1, -0.05) is 12.1 Å². The molecule has 2 rings (SSSR count). The number of carboxylic acids is 1. The van der Waals surface area contributed by atoms with Crippen molar-refractivity contribution >= 4 is 28.9 Å². The van der Waals surface area contributed by atoms with E-state index in [9.17, 15) is 29.8 Å². The van der Waals surface area contributed by atoms with Crippen LogP contribution in [-0.4, -0.2) is 26.8 Å². The molecule has 122 valence electrons. The van der Waals surface area contributed by atoms with E-state index in [1.54, 1.807) is 0 Å². The molecule has 0 atom stereocenters. The van der Waals surface area contributed by atoms with Gasteiger partial charge in [0.1, 0.15) is 5.56 Å². The molecular formula is C14H9N3O7. The van der Waals surface area contributed by atoms with E-state index in [-0.39, 0.29) is 11.3 Å². The summed E-state index contributed by atoms with van der Waals surface area (Å²) in [6.07, 6.45) is 0. The molecule has 0 fully saturated rings. The average molecular weight is 331 g/mol. The molecule has 0 unspecified atom stereocenters. The second-order valence-corrected chi connectivity index (χ2v) is 4.52. The van der Waals surface area contributed by atoms with Gasteiger partial charge in [0.2, 0.25) is 0 Å². The van der Waals surface area contributed by atoms with Crippen molar-refractivity contribution in [2.24, 2.45) is 0 Å². The Morgan fingerprint density at radius 2 is 1.62 bits per heavy atom. The summed E-state index contributed by atoms with van der Waals surface area (Å²) in [7, 11) is 0. The number of nitrogens with zero attached hydrogens (tertiary/aromatic N) is 2. The first-order chi connectivity index (χ1) is 11.3. The molecule has 2 aromatic rings. The van der Waals surface area contributed by atoms with Crippen LogP contribution in [0.4, 0.5) is 17.1 Å². The third-order valence-electron chi connectivity index (χ3n) is 3.04. The summed E-state index contributed by atoms with van der Waals surface area (Å²) in [5, 5.41) is 33.0. The van der Waals surface area contributed by atoms with Gasteiger partial charge in [0.05, 0.1) is 27.2 Å². The van der Waals surface area contributed by atoms with Crippen molar-refractivity contribution in [1.29, 1.82) is 0 Å². The summed E-state index contributed by atoms with van der Waals surface area (Å²) in [4.78, 5) is 43.3. The lowest BCUT2D eigenvalue weighted by molar-refractivity contribution is -0.394. The number of hydrogen-bond acceptors (Lipinski definition) is 6. The van der Waals surface area contributed by atoms with Gasteiger partial charge < -0.3 is 10.4 Å². The Kier molecular flexibility index (Phi) is 4.50. The third-order valence-corrected chi connectivity index (χ3v) is 3.04. The van der Waals surface area contributed by atoms with Crippen LogP contribution in [0.15, 0.2) is 42.5 Å². The molecule has 0 aliphatic carbocycles. The van der Waals surface area contributed by atoms with Crippen molar-refractivity contribution in [1.82, 2.24) is 0 Å². The summed E-state index contributed by atoms with van der Waals surface area (Å²) in [6.45, 7) is 0. The second kappa shape index (κ2) is 6.52. The predicted octanol–water partition coefficient (Wildman–Crippen LogP) is 2.45. The number of anilines is 1.